The van der Waals surface area contributed by atoms with Crippen LogP contribution in [-0.4, -0.2) is 18.4 Å². The molecule has 0 aliphatic carbocycles. The third-order valence-corrected chi connectivity index (χ3v) is 4.88. The van der Waals surface area contributed by atoms with E-state index in [0.717, 1.165) is 4.88 Å². The molecule has 2 heterocycles. The van der Waals surface area contributed by atoms with Crippen LogP contribution in [0.5, 0.6) is 0 Å². The number of rotatable bonds is 3. The van der Waals surface area contributed by atoms with Crippen LogP contribution in [0.25, 0.3) is 0 Å². The fourth-order valence-electron chi connectivity index (χ4n) is 1.14. The molecule has 2 aromatic rings. The average molecular weight is 290 g/mol. The molecule has 90 valence electrons. The Morgan fingerprint density at radius 2 is 2.12 bits per heavy atom. The van der Waals surface area contributed by atoms with E-state index in [1.54, 1.807) is 12.1 Å². The Morgan fingerprint density at radius 1 is 1.35 bits per heavy atom. The summed E-state index contributed by atoms with van der Waals surface area (Å²) in [5, 5.41) is -0.00689. The molecule has 2 aromatic heterocycles. The first kappa shape index (κ1) is 12.3. The molecule has 2 rings (SSSR count). The van der Waals surface area contributed by atoms with Gasteiger partial charge in [0.2, 0.25) is 5.28 Å². The Kier molecular flexibility index (Phi) is 3.32. The second kappa shape index (κ2) is 4.59. The summed E-state index contributed by atoms with van der Waals surface area (Å²) in [4.78, 5) is 8.35. The van der Waals surface area contributed by atoms with Crippen LogP contribution in [0.3, 0.4) is 0 Å². The number of aryl methyl sites for hydroxylation is 1. The molecule has 0 bridgehead atoms. The maximum absolute atomic E-state index is 11.9. The van der Waals surface area contributed by atoms with Crippen LogP contribution in [0.15, 0.2) is 28.6 Å². The second-order valence-corrected chi connectivity index (χ2v) is 6.72. The molecule has 0 unspecified atom stereocenters. The Balaban J connectivity index is 2.29. The van der Waals surface area contributed by atoms with Crippen LogP contribution < -0.4 is 4.72 Å². The van der Waals surface area contributed by atoms with E-state index in [1.807, 2.05) is 6.92 Å². The van der Waals surface area contributed by atoms with Crippen LogP contribution >= 0.6 is 22.9 Å². The molecule has 0 radical (unpaired) electrons. The van der Waals surface area contributed by atoms with Gasteiger partial charge in [-0.3, -0.25) is 4.72 Å². The van der Waals surface area contributed by atoms with Gasteiger partial charge in [0, 0.05) is 11.1 Å². The van der Waals surface area contributed by atoms with Gasteiger partial charge in [0.1, 0.15) is 10.0 Å². The van der Waals surface area contributed by atoms with E-state index in [0.29, 0.717) is 0 Å². The maximum atomic E-state index is 11.9. The highest BCUT2D eigenvalue weighted by Crippen LogP contribution is 2.22. The van der Waals surface area contributed by atoms with Crippen LogP contribution in [0.2, 0.25) is 5.28 Å². The summed E-state index contributed by atoms with van der Waals surface area (Å²) in [6.45, 7) is 1.84. The van der Waals surface area contributed by atoms with Crippen molar-refractivity contribution >= 4 is 38.8 Å². The fourth-order valence-corrected chi connectivity index (χ4v) is 3.57. The minimum atomic E-state index is -3.59. The molecule has 0 atom stereocenters. The smallest absolute Gasteiger partial charge is 0.263 e. The summed E-state index contributed by atoms with van der Waals surface area (Å²) in [5.41, 5.74) is 0. The summed E-state index contributed by atoms with van der Waals surface area (Å²) in [5.74, 6) is 0.149. The van der Waals surface area contributed by atoms with Crippen LogP contribution in [-0.2, 0) is 10.0 Å². The van der Waals surface area contributed by atoms with Gasteiger partial charge in [-0.1, -0.05) is 0 Å². The quantitative estimate of drug-likeness (QED) is 0.880. The number of nitrogens with one attached hydrogen (secondary N) is 1. The largest absolute Gasteiger partial charge is 0.272 e. The average Bonchev–Trinajstić information content (AvgIpc) is 2.65. The van der Waals surface area contributed by atoms with Crippen molar-refractivity contribution in [3.8, 4) is 0 Å². The van der Waals surface area contributed by atoms with Gasteiger partial charge in [-0.2, -0.15) is 4.98 Å². The highest BCUT2D eigenvalue weighted by atomic mass is 35.5. The van der Waals surface area contributed by atoms with Crippen molar-refractivity contribution in [3.05, 3.63) is 34.6 Å². The molecule has 0 aromatic carbocycles. The minimum Gasteiger partial charge on any atom is -0.263 e. The lowest BCUT2D eigenvalue weighted by atomic mass is 10.5. The number of hydrogen-bond donors (Lipinski definition) is 1. The standard InChI is InChI=1S/C9H8ClN3O2S2/c1-6-2-3-8(16-6)17(14,15)13-7-4-5-11-9(10)12-7/h2-5H,1H3,(H,11,12,13). The van der Waals surface area contributed by atoms with E-state index in [1.165, 1.54) is 23.6 Å². The number of sulfonamides is 1. The zero-order valence-electron chi connectivity index (χ0n) is 8.71. The Labute approximate surface area is 108 Å². The molecule has 5 nitrogen and oxygen atoms in total. The molecule has 0 aliphatic rings. The summed E-state index contributed by atoms with van der Waals surface area (Å²) in [6, 6.07) is 4.72. The molecular weight excluding hydrogens is 282 g/mol. The SMILES string of the molecule is Cc1ccc(S(=O)(=O)Nc2ccnc(Cl)n2)s1. The molecule has 0 saturated carbocycles. The number of halogens is 1. The third kappa shape index (κ3) is 2.93. The van der Waals surface area contributed by atoms with Gasteiger partial charge in [-0.05, 0) is 36.7 Å². The zero-order valence-corrected chi connectivity index (χ0v) is 11.1. The Bertz CT molecular complexity index is 639. The minimum absolute atomic E-state index is 0.00689. The zero-order chi connectivity index (χ0) is 12.5. The van der Waals surface area contributed by atoms with Gasteiger partial charge in [0.15, 0.2) is 0 Å². The highest BCUT2D eigenvalue weighted by Gasteiger charge is 2.16. The van der Waals surface area contributed by atoms with E-state index < -0.39 is 10.0 Å². The van der Waals surface area contributed by atoms with Gasteiger partial charge in [-0.25, -0.2) is 13.4 Å². The Hall–Kier alpha value is -1.18. The fraction of sp³-hybridized carbons (Fsp3) is 0.111. The Morgan fingerprint density at radius 3 is 2.71 bits per heavy atom. The van der Waals surface area contributed by atoms with Gasteiger partial charge >= 0.3 is 0 Å². The van der Waals surface area contributed by atoms with Crippen molar-refractivity contribution in [3.63, 3.8) is 0 Å². The molecule has 1 N–H and O–H groups in total. The summed E-state index contributed by atoms with van der Waals surface area (Å²) in [7, 11) is -3.59. The maximum Gasteiger partial charge on any atom is 0.272 e. The number of aromatic nitrogens is 2. The van der Waals surface area contributed by atoms with E-state index in [-0.39, 0.29) is 15.3 Å². The predicted octanol–water partition coefficient (Wildman–Crippen LogP) is 2.30. The van der Waals surface area contributed by atoms with E-state index >= 15 is 0 Å². The van der Waals surface area contributed by atoms with E-state index in [2.05, 4.69) is 14.7 Å². The number of thiophene rings is 1. The summed E-state index contributed by atoms with van der Waals surface area (Å²) in [6.07, 6.45) is 1.38. The molecule has 0 amide bonds. The summed E-state index contributed by atoms with van der Waals surface area (Å²) < 4.78 is 26.4. The lowest BCUT2D eigenvalue weighted by Crippen LogP contribution is -2.12. The van der Waals surface area contributed by atoms with Crippen molar-refractivity contribution in [2.75, 3.05) is 4.72 Å². The first-order valence-electron chi connectivity index (χ1n) is 4.55. The molecule has 0 saturated heterocycles. The van der Waals surface area contributed by atoms with Crippen molar-refractivity contribution < 1.29 is 8.42 Å². The van der Waals surface area contributed by atoms with Gasteiger partial charge in [-0.15, -0.1) is 11.3 Å². The monoisotopic (exact) mass is 289 g/mol. The number of anilines is 1. The molecule has 0 aliphatic heterocycles. The van der Waals surface area contributed by atoms with Gasteiger partial charge in [0.05, 0.1) is 0 Å². The summed E-state index contributed by atoms with van der Waals surface area (Å²) >= 11 is 6.76. The molecule has 8 heteroatoms. The van der Waals surface area contributed by atoms with E-state index in [4.69, 9.17) is 11.6 Å². The molecule has 0 spiro atoms. The first-order chi connectivity index (χ1) is 7.97. The molecule has 0 fully saturated rings. The van der Waals surface area contributed by atoms with Crippen molar-refractivity contribution in [2.24, 2.45) is 0 Å². The third-order valence-electron chi connectivity index (χ3n) is 1.85. The second-order valence-electron chi connectivity index (χ2n) is 3.18. The van der Waals surface area contributed by atoms with Crippen LogP contribution in [0.4, 0.5) is 5.82 Å². The number of hydrogen-bond acceptors (Lipinski definition) is 5. The lowest BCUT2D eigenvalue weighted by Gasteiger charge is -2.04. The first-order valence-corrected chi connectivity index (χ1v) is 7.23. The van der Waals surface area contributed by atoms with Crippen molar-refractivity contribution in [1.29, 1.82) is 0 Å². The van der Waals surface area contributed by atoms with E-state index in [9.17, 15) is 8.42 Å². The topological polar surface area (TPSA) is 72.0 Å². The van der Waals surface area contributed by atoms with Crippen molar-refractivity contribution in [1.82, 2.24) is 9.97 Å². The van der Waals surface area contributed by atoms with Crippen LogP contribution in [0.1, 0.15) is 4.88 Å². The molecular formula is C9H8ClN3O2S2. The molecule has 17 heavy (non-hydrogen) atoms. The lowest BCUT2D eigenvalue weighted by molar-refractivity contribution is 0.603. The normalized spacial score (nSPS) is 11.4. The van der Waals surface area contributed by atoms with Gasteiger partial charge < -0.3 is 0 Å². The predicted molar refractivity (Wildman–Crippen MR) is 66.9 cm³/mol. The van der Waals surface area contributed by atoms with Crippen molar-refractivity contribution in [2.45, 2.75) is 11.1 Å². The highest BCUT2D eigenvalue weighted by molar-refractivity contribution is 7.94. The van der Waals surface area contributed by atoms with Gasteiger partial charge in [0.25, 0.3) is 10.0 Å². The van der Waals surface area contributed by atoms with Crippen LogP contribution in [0, 0.1) is 6.92 Å². The number of nitrogens with zero attached hydrogens (tertiary/aromatic N) is 2.